The number of nitrogens with zero attached hydrogens (tertiary/aromatic N) is 2. The van der Waals surface area contributed by atoms with E-state index in [1.54, 1.807) is 0 Å². The fourth-order valence-electron chi connectivity index (χ4n) is 3.74. The first-order valence-electron chi connectivity index (χ1n) is 9.82. The minimum atomic E-state index is -0.362. The third kappa shape index (κ3) is 4.02. The van der Waals surface area contributed by atoms with Gasteiger partial charge >= 0.3 is 0 Å². The molecule has 4 rings (SSSR count). The fraction of sp³-hybridized carbons (Fsp3) is 0.364. The summed E-state index contributed by atoms with van der Waals surface area (Å²) < 4.78 is 0. The van der Waals surface area contributed by atoms with Gasteiger partial charge < -0.3 is 15.1 Å². The van der Waals surface area contributed by atoms with Crippen molar-refractivity contribution in [2.45, 2.75) is 29.9 Å². The minimum Gasteiger partial charge on any atom is -0.368 e. The Balaban J connectivity index is 1.41. The van der Waals surface area contributed by atoms with Crippen LogP contribution in [0.15, 0.2) is 53.4 Å². The van der Waals surface area contributed by atoms with Crippen LogP contribution in [0.3, 0.4) is 0 Å². The van der Waals surface area contributed by atoms with Gasteiger partial charge in [0, 0.05) is 43.2 Å². The SMILES string of the molecule is CCc1cccc(N2CCN(C(=O)C3CC(=O)Nc4ccccc4S3)CC2)c1. The molecule has 0 aliphatic carbocycles. The number of fused-ring (bicyclic) bond motifs is 1. The Morgan fingerprint density at radius 2 is 1.89 bits per heavy atom. The normalized spacial score (nSPS) is 19.6. The summed E-state index contributed by atoms with van der Waals surface area (Å²) in [5.41, 5.74) is 3.35. The van der Waals surface area contributed by atoms with Crippen LogP contribution in [0.2, 0.25) is 0 Å². The molecule has 0 spiro atoms. The second-order valence-electron chi connectivity index (χ2n) is 7.19. The summed E-state index contributed by atoms with van der Waals surface area (Å²) in [6, 6.07) is 16.3. The molecular formula is C22H25N3O2S. The average Bonchev–Trinajstić information content (AvgIpc) is 2.91. The van der Waals surface area contributed by atoms with Gasteiger partial charge in [-0.15, -0.1) is 11.8 Å². The van der Waals surface area contributed by atoms with E-state index in [1.165, 1.54) is 23.0 Å². The van der Waals surface area contributed by atoms with Gasteiger partial charge in [-0.25, -0.2) is 0 Å². The molecule has 1 fully saturated rings. The first-order valence-corrected chi connectivity index (χ1v) is 10.7. The van der Waals surface area contributed by atoms with E-state index in [0.29, 0.717) is 13.1 Å². The number of hydrogen-bond donors (Lipinski definition) is 1. The van der Waals surface area contributed by atoms with Gasteiger partial charge in [0.2, 0.25) is 11.8 Å². The summed E-state index contributed by atoms with van der Waals surface area (Å²) in [6.45, 7) is 5.18. The first-order chi connectivity index (χ1) is 13.6. The smallest absolute Gasteiger partial charge is 0.236 e. The Kier molecular flexibility index (Phi) is 5.57. The maximum absolute atomic E-state index is 13.1. The Bertz CT molecular complexity index is 878. The maximum Gasteiger partial charge on any atom is 0.236 e. The Labute approximate surface area is 170 Å². The van der Waals surface area contributed by atoms with Crippen molar-refractivity contribution in [3.05, 3.63) is 54.1 Å². The quantitative estimate of drug-likeness (QED) is 0.865. The van der Waals surface area contributed by atoms with Crippen LogP contribution in [0.1, 0.15) is 18.9 Å². The molecule has 1 unspecified atom stereocenters. The number of rotatable bonds is 3. The van der Waals surface area contributed by atoms with Crippen molar-refractivity contribution in [3.8, 4) is 0 Å². The van der Waals surface area contributed by atoms with Crippen molar-refractivity contribution in [2.75, 3.05) is 36.4 Å². The molecule has 0 saturated carbocycles. The van der Waals surface area contributed by atoms with Crippen molar-refractivity contribution < 1.29 is 9.59 Å². The molecule has 2 aliphatic rings. The monoisotopic (exact) mass is 395 g/mol. The Morgan fingerprint density at radius 1 is 1.11 bits per heavy atom. The van der Waals surface area contributed by atoms with E-state index < -0.39 is 0 Å². The van der Waals surface area contributed by atoms with Crippen LogP contribution in [-0.4, -0.2) is 48.1 Å². The lowest BCUT2D eigenvalue weighted by Crippen LogP contribution is -2.51. The molecule has 146 valence electrons. The van der Waals surface area contributed by atoms with Crippen LogP contribution in [0.25, 0.3) is 0 Å². The lowest BCUT2D eigenvalue weighted by Gasteiger charge is -2.37. The van der Waals surface area contributed by atoms with Crippen LogP contribution in [0, 0.1) is 0 Å². The topological polar surface area (TPSA) is 52.7 Å². The van der Waals surface area contributed by atoms with Gasteiger partial charge in [0.15, 0.2) is 0 Å². The summed E-state index contributed by atoms with van der Waals surface area (Å²) in [5.74, 6) is -0.0235. The standard InChI is InChI=1S/C22H25N3O2S/c1-2-16-6-5-7-17(14-16)24-10-12-25(13-11-24)22(27)20-15-21(26)23-18-8-3-4-9-19(18)28-20/h3-9,14,20H,2,10-13,15H2,1H3,(H,23,26). The van der Waals surface area contributed by atoms with E-state index >= 15 is 0 Å². The molecule has 2 heterocycles. The summed E-state index contributed by atoms with van der Waals surface area (Å²) in [6.07, 6.45) is 1.24. The highest BCUT2D eigenvalue weighted by Crippen LogP contribution is 2.36. The van der Waals surface area contributed by atoms with E-state index in [-0.39, 0.29) is 23.5 Å². The maximum atomic E-state index is 13.1. The van der Waals surface area contributed by atoms with Crippen molar-refractivity contribution in [1.82, 2.24) is 4.90 Å². The Hall–Kier alpha value is -2.47. The zero-order chi connectivity index (χ0) is 19.5. The first kappa shape index (κ1) is 18.9. The molecule has 2 aliphatic heterocycles. The molecule has 1 saturated heterocycles. The molecule has 1 atom stereocenters. The van der Waals surface area contributed by atoms with Gasteiger partial charge in [0.25, 0.3) is 0 Å². The zero-order valence-corrected chi connectivity index (χ0v) is 16.9. The molecule has 0 radical (unpaired) electrons. The van der Waals surface area contributed by atoms with Crippen LogP contribution < -0.4 is 10.2 Å². The molecule has 28 heavy (non-hydrogen) atoms. The summed E-state index contributed by atoms with van der Waals surface area (Å²) in [4.78, 5) is 30.6. The average molecular weight is 396 g/mol. The Morgan fingerprint density at radius 3 is 2.68 bits per heavy atom. The zero-order valence-electron chi connectivity index (χ0n) is 16.1. The third-order valence-electron chi connectivity index (χ3n) is 5.35. The highest BCUT2D eigenvalue weighted by Gasteiger charge is 2.32. The molecule has 6 heteroatoms. The second-order valence-corrected chi connectivity index (χ2v) is 8.44. The number of anilines is 2. The van der Waals surface area contributed by atoms with E-state index in [4.69, 9.17) is 0 Å². The van der Waals surface area contributed by atoms with Gasteiger partial charge in [-0.3, -0.25) is 9.59 Å². The largest absolute Gasteiger partial charge is 0.368 e. The molecule has 0 aromatic heterocycles. The number of thioether (sulfide) groups is 1. The van der Waals surface area contributed by atoms with Crippen LogP contribution in [-0.2, 0) is 16.0 Å². The second kappa shape index (κ2) is 8.27. The van der Waals surface area contributed by atoms with E-state index in [1.807, 2.05) is 29.2 Å². The van der Waals surface area contributed by atoms with Crippen molar-refractivity contribution in [2.24, 2.45) is 0 Å². The van der Waals surface area contributed by atoms with Crippen molar-refractivity contribution in [3.63, 3.8) is 0 Å². The lowest BCUT2D eigenvalue weighted by atomic mass is 10.1. The molecule has 0 bridgehead atoms. The molecule has 5 nitrogen and oxygen atoms in total. The van der Waals surface area contributed by atoms with E-state index in [9.17, 15) is 9.59 Å². The van der Waals surface area contributed by atoms with Gasteiger partial charge in [-0.05, 0) is 36.2 Å². The number of hydrogen-bond acceptors (Lipinski definition) is 4. The number of piperazine rings is 1. The third-order valence-corrected chi connectivity index (χ3v) is 6.61. The molecule has 2 aromatic carbocycles. The van der Waals surface area contributed by atoms with Crippen LogP contribution in [0.5, 0.6) is 0 Å². The molecule has 2 amide bonds. The van der Waals surface area contributed by atoms with Crippen molar-refractivity contribution in [1.29, 1.82) is 0 Å². The number of para-hydroxylation sites is 1. The van der Waals surface area contributed by atoms with E-state index in [0.717, 1.165) is 30.1 Å². The number of amides is 2. The number of nitrogens with one attached hydrogen (secondary N) is 1. The predicted molar refractivity (Wildman–Crippen MR) is 114 cm³/mol. The summed E-state index contributed by atoms with van der Waals surface area (Å²) >= 11 is 1.50. The number of carbonyl (C=O) groups is 2. The predicted octanol–water partition coefficient (Wildman–Crippen LogP) is 3.40. The number of aryl methyl sites for hydroxylation is 1. The molecule has 1 N–H and O–H groups in total. The summed E-state index contributed by atoms with van der Waals surface area (Å²) in [7, 11) is 0. The highest BCUT2D eigenvalue weighted by atomic mass is 32.2. The lowest BCUT2D eigenvalue weighted by molar-refractivity contribution is -0.132. The van der Waals surface area contributed by atoms with Crippen molar-refractivity contribution >= 4 is 35.0 Å². The van der Waals surface area contributed by atoms with Gasteiger partial charge in [-0.1, -0.05) is 31.2 Å². The van der Waals surface area contributed by atoms with Crippen LogP contribution in [0.4, 0.5) is 11.4 Å². The number of carbonyl (C=O) groups excluding carboxylic acids is 2. The van der Waals surface area contributed by atoms with Gasteiger partial charge in [-0.2, -0.15) is 0 Å². The minimum absolute atomic E-state index is 0.0683. The molecular weight excluding hydrogens is 370 g/mol. The molecule has 2 aromatic rings. The van der Waals surface area contributed by atoms with Gasteiger partial charge in [0.05, 0.1) is 10.9 Å². The van der Waals surface area contributed by atoms with Gasteiger partial charge in [0.1, 0.15) is 0 Å². The summed E-state index contributed by atoms with van der Waals surface area (Å²) in [5, 5.41) is 2.55. The van der Waals surface area contributed by atoms with Crippen LogP contribution >= 0.6 is 11.8 Å². The fourth-order valence-corrected chi connectivity index (χ4v) is 4.93. The highest BCUT2D eigenvalue weighted by molar-refractivity contribution is 8.00. The van der Waals surface area contributed by atoms with E-state index in [2.05, 4.69) is 41.4 Å². The number of benzene rings is 2.